The van der Waals surface area contributed by atoms with E-state index in [1.807, 2.05) is 13.8 Å². The first kappa shape index (κ1) is 12.0. The third-order valence-corrected chi connectivity index (χ3v) is 2.58. The van der Waals surface area contributed by atoms with Crippen LogP contribution in [0.4, 0.5) is 0 Å². The Morgan fingerprint density at radius 1 is 1.28 bits per heavy atom. The van der Waals surface area contributed by atoms with Crippen molar-refractivity contribution in [3.05, 3.63) is 35.2 Å². The Balaban J connectivity index is 2.41. The highest BCUT2D eigenvalue weighted by Crippen LogP contribution is 2.15. The van der Waals surface area contributed by atoms with E-state index in [4.69, 9.17) is 10.00 Å². The van der Waals surface area contributed by atoms with E-state index in [2.05, 4.69) is 9.97 Å². The number of fused-ring (bicyclic) bond motifs is 1. The van der Waals surface area contributed by atoms with Crippen molar-refractivity contribution in [1.29, 1.82) is 5.26 Å². The lowest BCUT2D eigenvalue weighted by atomic mass is 10.2. The molecule has 0 bridgehead atoms. The van der Waals surface area contributed by atoms with Gasteiger partial charge < -0.3 is 4.74 Å². The molecule has 1 aromatic heterocycles. The highest BCUT2D eigenvalue weighted by atomic mass is 16.5. The number of hydrogen-bond donors (Lipinski definition) is 0. The Morgan fingerprint density at radius 3 is 2.61 bits per heavy atom. The molecule has 2 rings (SSSR count). The number of carbonyl (C=O) groups is 1. The molecule has 18 heavy (non-hydrogen) atoms. The van der Waals surface area contributed by atoms with Gasteiger partial charge in [-0.2, -0.15) is 5.26 Å². The van der Waals surface area contributed by atoms with Gasteiger partial charge in [0, 0.05) is 0 Å². The van der Waals surface area contributed by atoms with Crippen molar-refractivity contribution >= 4 is 17.0 Å². The zero-order chi connectivity index (χ0) is 13.1. The highest BCUT2D eigenvalue weighted by Gasteiger charge is 2.09. The van der Waals surface area contributed by atoms with Crippen LogP contribution in [0, 0.1) is 25.2 Å². The summed E-state index contributed by atoms with van der Waals surface area (Å²) in [6.07, 6.45) is 0. The van der Waals surface area contributed by atoms with Crippen molar-refractivity contribution in [3.8, 4) is 6.07 Å². The maximum atomic E-state index is 11.6. The number of nitriles is 1. The average Bonchev–Trinajstić information content (AvgIpc) is 2.36. The first-order valence-electron chi connectivity index (χ1n) is 5.41. The van der Waals surface area contributed by atoms with Crippen LogP contribution >= 0.6 is 0 Å². The molecule has 1 aromatic carbocycles. The summed E-state index contributed by atoms with van der Waals surface area (Å²) in [4.78, 5) is 20.3. The predicted molar refractivity (Wildman–Crippen MR) is 64.9 cm³/mol. The van der Waals surface area contributed by atoms with Crippen LogP contribution in [0.3, 0.4) is 0 Å². The molecule has 1 heterocycles. The zero-order valence-corrected chi connectivity index (χ0v) is 10.1. The third kappa shape index (κ3) is 2.28. The Morgan fingerprint density at radius 2 is 1.94 bits per heavy atom. The van der Waals surface area contributed by atoms with Gasteiger partial charge in [-0.1, -0.05) is 0 Å². The molecule has 0 amide bonds. The third-order valence-electron chi connectivity index (χ3n) is 2.58. The molecule has 0 spiro atoms. The number of hydrogen-bond acceptors (Lipinski definition) is 5. The van der Waals surface area contributed by atoms with E-state index < -0.39 is 5.97 Å². The highest BCUT2D eigenvalue weighted by molar-refractivity contribution is 5.93. The number of aryl methyl sites for hydroxylation is 2. The second-order valence-corrected chi connectivity index (χ2v) is 3.83. The van der Waals surface area contributed by atoms with Gasteiger partial charge in [0.2, 0.25) is 0 Å². The molecule has 0 unspecified atom stereocenters. The predicted octanol–water partition coefficient (Wildman–Crippen LogP) is 1.93. The Kier molecular flexibility index (Phi) is 3.20. The summed E-state index contributed by atoms with van der Waals surface area (Å²) in [5.74, 6) is -0.529. The number of nitrogens with zero attached hydrogens (tertiary/aromatic N) is 3. The molecule has 2 aromatic rings. The molecule has 0 saturated heterocycles. The molecular weight excluding hydrogens is 230 g/mol. The van der Waals surface area contributed by atoms with Crippen molar-refractivity contribution in [1.82, 2.24) is 9.97 Å². The van der Waals surface area contributed by atoms with Gasteiger partial charge in [-0.15, -0.1) is 0 Å². The second-order valence-electron chi connectivity index (χ2n) is 3.83. The van der Waals surface area contributed by atoms with Gasteiger partial charge >= 0.3 is 5.97 Å². The smallest absolute Gasteiger partial charge is 0.339 e. The zero-order valence-electron chi connectivity index (χ0n) is 10.1. The summed E-state index contributed by atoms with van der Waals surface area (Å²) in [5.41, 5.74) is 3.43. The van der Waals surface area contributed by atoms with Crippen LogP contribution in [0.1, 0.15) is 21.7 Å². The monoisotopic (exact) mass is 241 g/mol. The Labute approximate surface area is 104 Å². The van der Waals surface area contributed by atoms with Gasteiger partial charge in [0.1, 0.15) is 6.07 Å². The average molecular weight is 241 g/mol. The summed E-state index contributed by atoms with van der Waals surface area (Å²) < 4.78 is 4.73. The molecule has 0 fully saturated rings. The molecular formula is C13H11N3O2. The first-order chi connectivity index (χ1) is 8.61. The Bertz CT molecular complexity index is 659. The topological polar surface area (TPSA) is 75.9 Å². The quantitative estimate of drug-likeness (QED) is 0.751. The van der Waals surface area contributed by atoms with Crippen molar-refractivity contribution in [3.63, 3.8) is 0 Å². The minimum absolute atomic E-state index is 0.254. The molecule has 90 valence electrons. The fraction of sp³-hybridized carbons (Fsp3) is 0.231. The number of ether oxygens (including phenoxy) is 1. The molecule has 0 atom stereocenters. The number of carbonyl (C=O) groups excluding carboxylic acids is 1. The lowest BCUT2D eigenvalue weighted by molar-refractivity contribution is 0.0555. The number of esters is 1. The Hall–Kier alpha value is -2.48. The number of aromatic nitrogens is 2. The SMILES string of the molecule is Cc1nc2ccc(C(=O)OCC#N)cc2nc1C. The van der Waals surface area contributed by atoms with E-state index in [0.29, 0.717) is 11.1 Å². The van der Waals surface area contributed by atoms with Crippen LogP contribution in [0.2, 0.25) is 0 Å². The maximum Gasteiger partial charge on any atom is 0.339 e. The van der Waals surface area contributed by atoms with Crippen LogP contribution in [0.15, 0.2) is 18.2 Å². The molecule has 5 nitrogen and oxygen atoms in total. The molecule has 0 N–H and O–H groups in total. The lowest BCUT2D eigenvalue weighted by Gasteiger charge is -2.04. The summed E-state index contributed by atoms with van der Waals surface area (Å²) in [6, 6.07) is 6.71. The van der Waals surface area contributed by atoms with E-state index in [-0.39, 0.29) is 6.61 Å². The van der Waals surface area contributed by atoms with Crippen LogP contribution in [0.5, 0.6) is 0 Å². The number of benzene rings is 1. The largest absolute Gasteiger partial charge is 0.447 e. The van der Waals surface area contributed by atoms with Gasteiger partial charge in [-0.05, 0) is 32.0 Å². The van der Waals surface area contributed by atoms with E-state index in [1.165, 1.54) is 0 Å². The minimum Gasteiger partial charge on any atom is -0.447 e. The van der Waals surface area contributed by atoms with Gasteiger partial charge in [-0.3, -0.25) is 0 Å². The van der Waals surface area contributed by atoms with E-state index >= 15 is 0 Å². The summed E-state index contributed by atoms with van der Waals surface area (Å²) in [6.45, 7) is 3.49. The summed E-state index contributed by atoms with van der Waals surface area (Å²) in [5, 5.41) is 8.35. The van der Waals surface area contributed by atoms with Gasteiger partial charge in [-0.25, -0.2) is 14.8 Å². The van der Waals surface area contributed by atoms with Crippen molar-refractivity contribution in [2.24, 2.45) is 0 Å². The van der Waals surface area contributed by atoms with Crippen LogP contribution in [0.25, 0.3) is 11.0 Å². The molecule has 5 heteroatoms. The normalized spacial score (nSPS) is 10.1. The van der Waals surface area contributed by atoms with Crippen LogP contribution < -0.4 is 0 Å². The molecule has 0 aliphatic rings. The molecule has 0 aliphatic heterocycles. The maximum absolute atomic E-state index is 11.6. The number of rotatable bonds is 2. The van der Waals surface area contributed by atoms with Gasteiger partial charge in [0.15, 0.2) is 6.61 Å². The van der Waals surface area contributed by atoms with Crippen molar-refractivity contribution in [2.75, 3.05) is 6.61 Å². The van der Waals surface area contributed by atoms with Crippen molar-refractivity contribution < 1.29 is 9.53 Å². The van der Waals surface area contributed by atoms with E-state index in [1.54, 1.807) is 24.3 Å². The van der Waals surface area contributed by atoms with Gasteiger partial charge in [0.25, 0.3) is 0 Å². The first-order valence-corrected chi connectivity index (χ1v) is 5.41. The summed E-state index contributed by atoms with van der Waals surface area (Å²) >= 11 is 0. The van der Waals surface area contributed by atoms with E-state index in [9.17, 15) is 4.79 Å². The lowest BCUT2D eigenvalue weighted by Crippen LogP contribution is -2.05. The second kappa shape index (κ2) is 4.80. The molecule has 0 saturated carbocycles. The summed E-state index contributed by atoms with van der Waals surface area (Å²) in [7, 11) is 0. The molecule has 0 radical (unpaired) electrons. The minimum atomic E-state index is -0.529. The van der Waals surface area contributed by atoms with Crippen LogP contribution in [-0.2, 0) is 4.74 Å². The van der Waals surface area contributed by atoms with Crippen molar-refractivity contribution in [2.45, 2.75) is 13.8 Å². The van der Waals surface area contributed by atoms with Gasteiger partial charge in [0.05, 0.1) is 28.0 Å². The van der Waals surface area contributed by atoms with E-state index in [0.717, 1.165) is 16.9 Å². The standard InChI is InChI=1S/C13H11N3O2/c1-8-9(2)16-12-7-10(3-4-11(12)15-8)13(17)18-6-5-14/h3-4,7H,6H2,1-2H3. The molecule has 0 aliphatic carbocycles. The fourth-order valence-electron chi connectivity index (χ4n) is 1.54. The van der Waals surface area contributed by atoms with Crippen LogP contribution in [-0.4, -0.2) is 22.5 Å². The fourth-order valence-corrected chi connectivity index (χ4v) is 1.54.